The second kappa shape index (κ2) is 2.68. The van der Waals surface area contributed by atoms with Crippen LogP contribution in [0.2, 0.25) is 0 Å². The van der Waals surface area contributed by atoms with Crippen molar-refractivity contribution in [1.82, 2.24) is 0 Å². The molecular weight excluding hydrogens is 136 g/mol. The van der Waals surface area contributed by atoms with E-state index in [1.54, 1.807) is 0 Å². The summed E-state index contributed by atoms with van der Waals surface area (Å²) in [6, 6.07) is 0. The Bertz CT molecular complexity index is 202. The lowest BCUT2D eigenvalue weighted by Gasteiger charge is -2.30. The molecule has 0 aromatic heterocycles. The zero-order valence-corrected chi connectivity index (χ0v) is 7.28. The first-order valence-electron chi connectivity index (χ1n) is 4.03. The van der Waals surface area contributed by atoms with E-state index in [1.807, 2.05) is 0 Å². The second-order valence-electron chi connectivity index (χ2n) is 4.04. The molecule has 0 atom stereocenters. The molecule has 11 heavy (non-hydrogen) atoms. The van der Waals surface area contributed by atoms with E-state index in [-0.39, 0.29) is 0 Å². The third-order valence-electron chi connectivity index (χ3n) is 2.33. The minimum absolute atomic E-state index is 0.343. The highest BCUT2D eigenvalue weighted by molar-refractivity contribution is 5.77. The maximum absolute atomic E-state index is 7.14. The van der Waals surface area contributed by atoms with Crippen molar-refractivity contribution in [3.63, 3.8) is 0 Å². The summed E-state index contributed by atoms with van der Waals surface area (Å²) < 4.78 is 0. The minimum atomic E-state index is 0.343. The highest BCUT2D eigenvalue weighted by Gasteiger charge is 2.24. The van der Waals surface area contributed by atoms with Crippen LogP contribution in [0.5, 0.6) is 0 Å². The summed E-state index contributed by atoms with van der Waals surface area (Å²) in [5, 5.41) is 7.14. The summed E-state index contributed by atoms with van der Waals surface area (Å²) in [5.41, 5.74) is 8.03. The van der Waals surface area contributed by atoms with Crippen LogP contribution in [0.25, 0.3) is 0 Å². The maximum Gasteiger partial charge on any atom is 0.0227 e. The number of rotatable bonds is 1. The van der Waals surface area contributed by atoms with Gasteiger partial charge in [-0.15, -0.1) is 0 Å². The Hall–Kier alpha value is -0.790. The Balaban J connectivity index is 2.81. The Morgan fingerprint density at radius 3 is 2.64 bits per heavy atom. The summed E-state index contributed by atoms with van der Waals surface area (Å²) in [6.45, 7) is 4.45. The van der Waals surface area contributed by atoms with E-state index < -0.39 is 0 Å². The minimum Gasteiger partial charge on any atom is -0.402 e. The average molecular weight is 152 g/mol. The Labute approximate surface area is 68.0 Å². The standard InChI is InChI=1S/C9H16N2/c1-9(2)4-3-8(11)7(5-9)6-10/h6,10H,3-5,11H2,1-2H3. The van der Waals surface area contributed by atoms with Crippen LogP contribution in [-0.2, 0) is 0 Å². The van der Waals surface area contributed by atoms with E-state index in [2.05, 4.69) is 13.8 Å². The van der Waals surface area contributed by atoms with Crippen LogP contribution in [0.4, 0.5) is 0 Å². The van der Waals surface area contributed by atoms with Crippen LogP contribution < -0.4 is 5.73 Å². The SMILES string of the molecule is CC1(C)CCC(N)=C(C=N)C1. The molecule has 0 radical (unpaired) electrons. The normalized spacial score (nSPS) is 23.5. The molecule has 0 heterocycles. The van der Waals surface area contributed by atoms with Gasteiger partial charge in [0, 0.05) is 11.9 Å². The summed E-state index contributed by atoms with van der Waals surface area (Å²) >= 11 is 0. The Morgan fingerprint density at radius 1 is 1.55 bits per heavy atom. The molecule has 2 nitrogen and oxygen atoms in total. The first-order chi connectivity index (χ1) is 5.05. The molecule has 0 bridgehead atoms. The second-order valence-corrected chi connectivity index (χ2v) is 4.04. The number of hydrogen-bond donors (Lipinski definition) is 2. The summed E-state index contributed by atoms with van der Waals surface area (Å²) in [4.78, 5) is 0. The Morgan fingerprint density at radius 2 is 2.18 bits per heavy atom. The highest BCUT2D eigenvalue weighted by atomic mass is 14.6. The first kappa shape index (κ1) is 8.31. The molecule has 0 saturated carbocycles. The third kappa shape index (κ3) is 1.82. The van der Waals surface area contributed by atoms with Crippen LogP contribution >= 0.6 is 0 Å². The van der Waals surface area contributed by atoms with Gasteiger partial charge in [0.2, 0.25) is 0 Å². The van der Waals surface area contributed by atoms with Gasteiger partial charge in [-0.25, -0.2) is 0 Å². The van der Waals surface area contributed by atoms with Gasteiger partial charge in [0.25, 0.3) is 0 Å². The summed E-state index contributed by atoms with van der Waals surface area (Å²) in [6.07, 6.45) is 4.46. The summed E-state index contributed by atoms with van der Waals surface area (Å²) in [5.74, 6) is 0. The van der Waals surface area contributed by atoms with Gasteiger partial charge in [-0.2, -0.15) is 0 Å². The lowest BCUT2D eigenvalue weighted by molar-refractivity contribution is 0.319. The van der Waals surface area contributed by atoms with Crippen LogP contribution in [0.15, 0.2) is 11.3 Å². The van der Waals surface area contributed by atoms with Gasteiger partial charge < -0.3 is 11.1 Å². The molecule has 2 heteroatoms. The topological polar surface area (TPSA) is 49.9 Å². The van der Waals surface area contributed by atoms with Crippen molar-refractivity contribution in [3.8, 4) is 0 Å². The van der Waals surface area contributed by atoms with Gasteiger partial charge in [0.15, 0.2) is 0 Å². The number of allylic oxidation sites excluding steroid dienone is 2. The largest absolute Gasteiger partial charge is 0.402 e. The van der Waals surface area contributed by atoms with Gasteiger partial charge in [0.1, 0.15) is 0 Å². The highest BCUT2D eigenvalue weighted by Crippen LogP contribution is 2.36. The zero-order chi connectivity index (χ0) is 8.48. The van der Waals surface area contributed by atoms with Crippen LogP contribution in [-0.4, -0.2) is 6.21 Å². The lowest BCUT2D eigenvalue weighted by atomic mass is 9.76. The molecule has 0 saturated heterocycles. The molecule has 0 aromatic rings. The van der Waals surface area contributed by atoms with Crippen molar-refractivity contribution in [2.75, 3.05) is 0 Å². The van der Waals surface area contributed by atoms with Crippen molar-refractivity contribution < 1.29 is 0 Å². The fraction of sp³-hybridized carbons (Fsp3) is 0.667. The maximum atomic E-state index is 7.14. The average Bonchev–Trinajstić information content (AvgIpc) is 1.94. The van der Waals surface area contributed by atoms with Gasteiger partial charge in [-0.1, -0.05) is 13.8 Å². The zero-order valence-electron chi connectivity index (χ0n) is 7.28. The van der Waals surface area contributed by atoms with E-state index in [9.17, 15) is 0 Å². The van der Waals surface area contributed by atoms with Crippen LogP contribution in [0, 0.1) is 10.8 Å². The van der Waals surface area contributed by atoms with E-state index in [1.165, 1.54) is 6.21 Å². The number of nitrogens with two attached hydrogens (primary N) is 1. The lowest BCUT2D eigenvalue weighted by Crippen LogP contribution is -2.21. The smallest absolute Gasteiger partial charge is 0.0227 e. The monoisotopic (exact) mass is 152 g/mol. The van der Waals surface area contributed by atoms with Crippen molar-refractivity contribution >= 4 is 6.21 Å². The van der Waals surface area contributed by atoms with Crippen molar-refractivity contribution in [2.45, 2.75) is 33.1 Å². The number of nitrogens with one attached hydrogen (secondary N) is 1. The van der Waals surface area contributed by atoms with E-state index >= 15 is 0 Å². The fourth-order valence-corrected chi connectivity index (χ4v) is 1.49. The predicted octanol–water partition coefficient (Wildman–Crippen LogP) is 2.06. The molecule has 0 aromatic carbocycles. The van der Waals surface area contributed by atoms with Gasteiger partial charge in [-0.3, -0.25) is 0 Å². The molecule has 62 valence electrons. The Kier molecular flexibility index (Phi) is 2.03. The van der Waals surface area contributed by atoms with Gasteiger partial charge in [-0.05, 0) is 30.3 Å². The summed E-state index contributed by atoms with van der Waals surface area (Å²) in [7, 11) is 0. The van der Waals surface area contributed by atoms with Crippen molar-refractivity contribution in [2.24, 2.45) is 11.1 Å². The van der Waals surface area contributed by atoms with Crippen LogP contribution in [0.1, 0.15) is 33.1 Å². The molecule has 0 amide bonds. The molecular formula is C9H16N2. The molecule has 1 rings (SSSR count). The van der Waals surface area contributed by atoms with Crippen LogP contribution in [0.3, 0.4) is 0 Å². The van der Waals surface area contributed by atoms with Gasteiger partial charge in [0.05, 0.1) is 0 Å². The molecule has 1 aliphatic carbocycles. The first-order valence-corrected chi connectivity index (χ1v) is 4.03. The predicted molar refractivity (Wildman–Crippen MR) is 47.6 cm³/mol. The quantitative estimate of drug-likeness (QED) is 0.555. The molecule has 0 aliphatic heterocycles. The van der Waals surface area contributed by atoms with Crippen molar-refractivity contribution in [1.29, 1.82) is 5.41 Å². The van der Waals surface area contributed by atoms with Gasteiger partial charge >= 0.3 is 0 Å². The van der Waals surface area contributed by atoms with E-state index in [0.717, 1.165) is 30.5 Å². The number of hydrogen-bond acceptors (Lipinski definition) is 2. The molecule has 0 spiro atoms. The van der Waals surface area contributed by atoms with E-state index in [0.29, 0.717) is 5.41 Å². The third-order valence-corrected chi connectivity index (χ3v) is 2.33. The fourth-order valence-electron chi connectivity index (χ4n) is 1.49. The van der Waals surface area contributed by atoms with E-state index in [4.69, 9.17) is 11.1 Å². The molecule has 3 N–H and O–H groups in total. The molecule has 0 unspecified atom stereocenters. The molecule has 1 aliphatic rings. The van der Waals surface area contributed by atoms with Crippen molar-refractivity contribution in [3.05, 3.63) is 11.3 Å². The molecule has 0 fully saturated rings.